The van der Waals surface area contributed by atoms with Crippen LogP contribution in [0.15, 0.2) is 30.3 Å². The zero-order valence-electron chi connectivity index (χ0n) is 15.1. The van der Waals surface area contributed by atoms with Crippen LogP contribution in [-0.2, 0) is 16.1 Å². The fourth-order valence-corrected chi connectivity index (χ4v) is 3.38. The molecule has 1 spiro atoms. The Labute approximate surface area is 148 Å². The predicted molar refractivity (Wildman–Crippen MR) is 93.0 cm³/mol. The van der Waals surface area contributed by atoms with Gasteiger partial charge < -0.3 is 19.7 Å². The Morgan fingerprint density at radius 1 is 1.24 bits per heavy atom. The summed E-state index contributed by atoms with van der Waals surface area (Å²) in [7, 11) is 0. The molecule has 25 heavy (non-hydrogen) atoms. The third-order valence-electron chi connectivity index (χ3n) is 4.84. The second-order valence-electron chi connectivity index (χ2n) is 8.00. The number of amides is 2. The smallest absolute Gasteiger partial charge is 0.410 e. The summed E-state index contributed by atoms with van der Waals surface area (Å²) < 4.78 is 10.7. The van der Waals surface area contributed by atoms with E-state index in [9.17, 15) is 9.59 Å². The number of alkyl carbamates (subject to hydrolysis) is 1. The van der Waals surface area contributed by atoms with Crippen LogP contribution in [0, 0.1) is 5.41 Å². The molecular weight excluding hydrogens is 320 g/mol. The molecule has 1 atom stereocenters. The molecule has 6 nitrogen and oxygen atoms in total. The van der Waals surface area contributed by atoms with Crippen LogP contribution in [0.4, 0.5) is 9.59 Å². The average molecular weight is 346 g/mol. The first-order valence-electron chi connectivity index (χ1n) is 8.73. The number of likely N-dealkylation sites (tertiary alicyclic amines) is 1. The molecule has 1 heterocycles. The summed E-state index contributed by atoms with van der Waals surface area (Å²) in [6.45, 7) is 7.10. The van der Waals surface area contributed by atoms with Gasteiger partial charge in [0.25, 0.3) is 0 Å². The summed E-state index contributed by atoms with van der Waals surface area (Å²) in [5.74, 6) is 0. The maximum atomic E-state index is 12.0. The van der Waals surface area contributed by atoms with E-state index in [0.717, 1.165) is 18.4 Å². The van der Waals surface area contributed by atoms with Crippen molar-refractivity contribution >= 4 is 12.2 Å². The molecule has 1 aliphatic heterocycles. The van der Waals surface area contributed by atoms with Gasteiger partial charge >= 0.3 is 12.2 Å². The molecular formula is C19H26N2O4. The monoisotopic (exact) mass is 346 g/mol. The SMILES string of the molecule is CC(C)(C)OC(=O)N1CC2(CC[C@H]2NC(=O)OCc2ccccc2)C1. The van der Waals surface area contributed by atoms with Gasteiger partial charge in [-0.1, -0.05) is 30.3 Å². The highest BCUT2D eigenvalue weighted by molar-refractivity contribution is 5.71. The topological polar surface area (TPSA) is 67.9 Å². The van der Waals surface area contributed by atoms with Gasteiger partial charge in [-0.25, -0.2) is 9.59 Å². The number of rotatable bonds is 3. The Morgan fingerprint density at radius 3 is 2.48 bits per heavy atom. The van der Waals surface area contributed by atoms with Crippen molar-refractivity contribution in [2.45, 2.75) is 51.9 Å². The zero-order valence-corrected chi connectivity index (χ0v) is 15.1. The van der Waals surface area contributed by atoms with Crippen LogP contribution in [0.25, 0.3) is 0 Å². The van der Waals surface area contributed by atoms with Crippen LogP contribution in [-0.4, -0.2) is 41.8 Å². The minimum Gasteiger partial charge on any atom is -0.445 e. The molecule has 1 aromatic carbocycles. The highest BCUT2D eigenvalue weighted by Crippen LogP contribution is 2.48. The van der Waals surface area contributed by atoms with Crippen LogP contribution >= 0.6 is 0 Å². The number of hydrogen-bond donors (Lipinski definition) is 1. The molecule has 1 saturated carbocycles. The lowest BCUT2D eigenvalue weighted by Gasteiger charge is -2.59. The van der Waals surface area contributed by atoms with Crippen molar-refractivity contribution in [3.63, 3.8) is 0 Å². The predicted octanol–water partition coefficient (Wildman–Crippen LogP) is 3.31. The molecule has 3 rings (SSSR count). The number of ether oxygens (including phenoxy) is 2. The van der Waals surface area contributed by atoms with Crippen molar-refractivity contribution in [3.8, 4) is 0 Å². The molecule has 1 aromatic rings. The van der Waals surface area contributed by atoms with E-state index < -0.39 is 11.7 Å². The van der Waals surface area contributed by atoms with Crippen LogP contribution in [0.1, 0.15) is 39.2 Å². The van der Waals surface area contributed by atoms with Crippen molar-refractivity contribution < 1.29 is 19.1 Å². The maximum Gasteiger partial charge on any atom is 0.410 e. The normalized spacial score (nSPS) is 21.1. The molecule has 0 aromatic heterocycles. The Morgan fingerprint density at radius 2 is 1.92 bits per heavy atom. The number of carbonyl (C=O) groups is 2. The molecule has 6 heteroatoms. The van der Waals surface area contributed by atoms with E-state index >= 15 is 0 Å². The van der Waals surface area contributed by atoms with Gasteiger partial charge in [-0.15, -0.1) is 0 Å². The van der Waals surface area contributed by atoms with Crippen LogP contribution in [0.5, 0.6) is 0 Å². The molecule has 2 amide bonds. The zero-order chi connectivity index (χ0) is 18.1. The second kappa shape index (κ2) is 6.58. The molecule has 0 unspecified atom stereocenters. The molecule has 1 saturated heterocycles. The molecule has 2 aliphatic rings. The maximum absolute atomic E-state index is 12.0. The Kier molecular flexibility index (Phi) is 4.62. The third kappa shape index (κ3) is 4.06. The average Bonchev–Trinajstić information content (AvgIpc) is 2.47. The number of benzene rings is 1. The van der Waals surface area contributed by atoms with Crippen molar-refractivity contribution in [2.24, 2.45) is 5.41 Å². The lowest BCUT2D eigenvalue weighted by Crippen LogP contribution is -2.71. The number of nitrogens with zero attached hydrogens (tertiary/aromatic N) is 1. The number of carbonyl (C=O) groups excluding carboxylic acids is 2. The molecule has 1 N–H and O–H groups in total. The summed E-state index contributed by atoms with van der Waals surface area (Å²) in [6.07, 6.45) is 1.25. The van der Waals surface area contributed by atoms with Gasteiger partial charge in [-0.3, -0.25) is 0 Å². The van der Waals surface area contributed by atoms with Crippen molar-refractivity contribution in [2.75, 3.05) is 13.1 Å². The number of hydrogen-bond acceptors (Lipinski definition) is 4. The molecule has 2 fully saturated rings. The second-order valence-corrected chi connectivity index (χ2v) is 8.00. The van der Waals surface area contributed by atoms with E-state index in [0.29, 0.717) is 13.1 Å². The molecule has 1 aliphatic carbocycles. The van der Waals surface area contributed by atoms with Gasteiger partial charge in [0.1, 0.15) is 12.2 Å². The van der Waals surface area contributed by atoms with E-state index in [2.05, 4.69) is 5.32 Å². The fourth-order valence-electron chi connectivity index (χ4n) is 3.38. The van der Waals surface area contributed by atoms with Gasteiger partial charge in [0.15, 0.2) is 0 Å². The quantitative estimate of drug-likeness (QED) is 0.912. The van der Waals surface area contributed by atoms with Gasteiger partial charge in [-0.2, -0.15) is 0 Å². The van der Waals surface area contributed by atoms with Crippen LogP contribution < -0.4 is 5.32 Å². The highest BCUT2D eigenvalue weighted by atomic mass is 16.6. The summed E-state index contributed by atoms with van der Waals surface area (Å²) in [6, 6.07) is 9.66. The lowest BCUT2D eigenvalue weighted by atomic mass is 9.59. The van der Waals surface area contributed by atoms with E-state index in [1.54, 1.807) is 4.90 Å². The summed E-state index contributed by atoms with van der Waals surface area (Å²) >= 11 is 0. The fraction of sp³-hybridized carbons (Fsp3) is 0.579. The van der Waals surface area contributed by atoms with Crippen molar-refractivity contribution in [3.05, 3.63) is 35.9 Å². The van der Waals surface area contributed by atoms with Gasteiger partial charge in [0.05, 0.1) is 0 Å². The van der Waals surface area contributed by atoms with Crippen molar-refractivity contribution in [1.82, 2.24) is 10.2 Å². The van der Waals surface area contributed by atoms with Gasteiger partial charge in [-0.05, 0) is 39.2 Å². The van der Waals surface area contributed by atoms with Gasteiger partial charge in [0.2, 0.25) is 0 Å². The third-order valence-corrected chi connectivity index (χ3v) is 4.84. The van der Waals surface area contributed by atoms with E-state index in [1.807, 2.05) is 51.1 Å². The first kappa shape index (κ1) is 17.6. The first-order valence-corrected chi connectivity index (χ1v) is 8.73. The standard InChI is InChI=1S/C19H26N2O4/c1-18(2,3)25-17(23)21-12-19(13-21)10-9-15(19)20-16(22)24-11-14-7-5-4-6-8-14/h4-8,15H,9-13H2,1-3H3,(H,20,22)/t15-/m1/s1. The van der Waals surface area contributed by atoms with E-state index in [-0.39, 0.29) is 24.2 Å². The Bertz CT molecular complexity index is 633. The lowest BCUT2D eigenvalue weighted by molar-refractivity contribution is -0.0900. The van der Waals surface area contributed by atoms with Crippen LogP contribution in [0.2, 0.25) is 0 Å². The number of nitrogens with one attached hydrogen (secondary N) is 1. The first-order chi connectivity index (χ1) is 11.8. The van der Waals surface area contributed by atoms with Crippen LogP contribution in [0.3, 0.4) is 0 Å². The summed E-state index contributed by atoms with van der Waals surface area (Å²) in [5.41, 5.74) is 0.460. The molecule has 0 radical (unpaired) electrons. The summed E-state index contributed by atoms with van der Waals surface area (Å²) in [5, 5.41) is 2.95. The largest absolute Gasteiger partial charge is 0.445 e. The van der Waals surface area contributed by atoms with E-state index in [4.69, 9.17) is 9.47 Å². The molecule has 0 bridgehead atoms. The Hall–Kier alpha value is -2.24. The Balaban J connectivity index is 1.43. The van der Waals surface area contributed by atoms with E-state index in [1.165, 1.54) is 0 Å². The van der Waals surface area contributed by atoms with Gasteiger partial charge in [0, 0.05) is 24.5 Å². The molecule has 136 valence electrons. The summed E-state index contributed by atoms with van der Waals surface area (Å²) in [4.78, 5) is 25.8. The minimum atomic E-state index is -0.488. The highest BCUT2D eigenvalue weighted by Gasteiger charge is 2.57. The minimum absolute atomic E-state index is 0.0112. The van der Waals surface area contributed by atoms with Crippen molar-refractivity contribution in [1.29, 1.82) is 0 Å².